The molecule has 2 aromatic heterocycles. The molecule has 38 nitrogen and oxygen atoms in total. The van der Waals surface area contributed by atoms with E-state index in [-0.39, 0.29) is 108 Å². The van der Waals surface area contributed by atoms with E-state index in [1.54, 1.807) is 30.5 Å². The van der Waals surface area contributed by atoms with Gasteiger partial charge in [0.25, 0.3) is 0 Å². The van der Waals surface area contributed by atoms with Crippen LogP contribution >= 0.6 is 0 Å². The maximum absolute atomic E-state index is 14.9. The number of primary amides is 1. The molecule has 522 valence electrons. The molecule has 28 N–H and O–H groups in total. The van der Waals surface area contributed by atoms with E-state index in [0.29, 0.717) is 22.9 Å². The number of nitrogens with two attached hydrogens (primary N) is 6. The summed E-state index contributed by atoms with van der Waals surface area (Å²) in [6.45, 7) is -0.867. The molecule has 0 saturated carbocycles. The Morgan fingerprint density at radius 1 is 0.674 bits per heavy atom. The number of benzene rings is 1. The number of aliphatic imine (C=N–C) groups is 2. The first-order valence-electron chi connectivity index (χ1n) is 30.6. The number of carbonyl (C=O) groups is 13. The van der Waals surface area contributed by atoms with Gasteiger partial charge in [-0.15, -0.1) is 0 Å². The number of nitrogens with one attached hydrogen (secondary N) is 13. The van der Waals surface area contributed by atoms with Gasteiger partial charge in [0.15, 0.2) is 11.9 Å². The van der Waals surface area contributed by atoms with E-state index in [9.17, 15) is 77.6 Å². The monoisotopic (exact) mass is 1340 g/mol. The highest BCUT2D eigenvalue weighted by Crippen LogP contribution is 2.20. The lowest BCUT2D eigenvalue weighted by Gasteiger charge is -2.28. The molecule has 4 rings (SSSR count). The Morgan fingerprint density at radius 2 is 1.26 bits per heavy atom. The SMILES string of the molecule is CC(=O)N[C@H]1CCCCNC(=O)C[C@@H](C(=O)N[C@@H](CCCN=C(N)N)C(=O)N[C@@H](CC(=O)O)C(=O)N[C@@H](Cc2cnc[nH]2)C(=O)N[C@@H](CO)C(=O)N[C@@H](CCCN=C(N)N)C(N)=O)NC(=O)[C@H](Cc2c[nH]c3ccccc23)NC(=O)[C@H](CCCCN)NC(=O)[C@H](CO)NC1=O. The fourth-order valence-electron chi connectivity index (χ4n) is 9.78. The summed E-state index contributed by atoms with van der Waals surface area (Å²) in [4.78, 5) is 196. The second-order valence-electron chi connectivity index (χ2n) is 22.2. The highest BCUT2D eigenvalue weighted by molar-refractivity contribution is 6.01. The van der Waals surface area contributed by atoms with Crippen LogP contribution in [0.1, 0.15) is 95.2 Å². The summed E-state index contributed by atoms with van der Waals surface area (Å²) in [7, 11) is 0. The number of carboxylic acids is 1. The number of amides is 12. The Kier molecular flexibility index (Phi) is 32.2. The molecule has 95 heavy (non-hydrogen) atoms. The van der Waals surface area contributed by atoms with Crippen molar-refractivity contribution >= 4 is 99.7 Å². The van der Waals surface area contributed by atoms with Crippen LogP contribution < -0.4 is 92.9 Å². The Bertz CT molecular complexity index is 3190. The van der Waals surface area contributed by atoms with E-state index in [4.69, 9.17) is 34.4 Å². The molecule has 0 radical (unpaired) electrons. The fourth-order valence-corrected chi connectivity index (χ4v) is 9.78. The minimum atomic E-state index is -2.06. The van der Waals surface area contributed by atoms with Gasteiger partial charge in [-0.1, -0.05) is 18.2 Å². The second-order valence-corrected chi connectivity index (χ2v) is 22.2. The van der Waals surface area contributed by atoms with Gasteiger partial charge in [0, 0.05) is 68.4 Å². The van der Waals surface area contributed by atoms with Crippen LogP contribution in [0.15, 0.2) is 53.0 Å². The van der Waals surface area contributed by atoms with Crippen LogP contribution in [0.2, 0.25) is 0 Å². The van der Waals surface area contributed by atoms with Crippen LogP contribution in [0.25, 0.3) is 10.9 Å². The normalized spacial score (nSPS) is 19.1. The first-order valence-corrected chi connectivity index (χ1v) is 30.6. The number of fused-ring (bicyclic) bond motifs is 1. The third-order valence-corrected chi connectivity index (χ3v) is 14.7. The van der Waals surface area contributed by atoms with Crippen molar-refractivity contribution in [3.8, 4) is 0 Å². The highest BCUT2D eigenvalue weighted by atomic mass is 16.4. The summed E-state index contributed by atoms with van der Waals surface area (Å²) in [6, 6.07) is -9.60. The second kappa shape index (κ2) is 39.8. The smallest absolute Gasteiger partial charge is 0.305 e. The number of carboxylic acid groups (broad SMARTS) is 1. The first kappa shape index (κ1) is 77.0. The van der Waals surface area contributed by atoms with E-state index in [1.165, 1.54) is 12.5 Å². The molecule has 3 aromatic rings. The van der Waals surface area contributed by atoms with Crippen molar-refractivity contribution in [2.75, 3.05) is 39.4 Å². The van der Waals surface area contributed by atoms with E-state index in [0.717, 1.165) is 6.92 Å². The van der Waals surface area contributed by atoms with Crippen LogP contribution in [0.3, 0.4) is 0 Å². The quantitative estimate of drug-likeness (QED) is 0.0157. The van der Waals surface area contributed by atoms with Crippen molar-refractivity contribution in [3.05, 3.63) is 54.2 Å². The van der Waals surface area contributed by atoms with Crippen molar-refractivity contribution in [2.45, 2.75) is 157 Å². The highest BCUT2D eigenvalue weighted by Gasteiger charge is 2.37. The van der Waals surface area contributed by atoms with E-state index in [1.807, 2.05) is 0 Å². The van der Waals surface area contributed by atoms with Gasteiger partial charge in [0.2, 0.25) is 70.9 Å². The molecule has 10 atom stereocenters. The number of nitrogens with zero attached hydrogens (tertiary/aromatic N) is 3. The van der Waals surface area contributed by atoms with Crippen LogP contribution in [0, 0.1) is 0 Å². The molecule has 0 bridgehead atoms. The zero-order chi connectivity index (χ0) is 70.1. The molecule has 1 saturated heterocycles. The molecule has 0 spiro atoms. The van der Waals surface area contributed by atoms with Gasteiger partial charge < -0.3 is 118 Å². The van der Waals surface area contributed by atoms with Gasteiger partial charge >= 0.3 is 5.97 Å². The van der Waals surface area contributed by atoms with Crippen molar-refractivity contribution in [1.82, 2.24) is 73.4 Å². The number of guanidine groups is 2. The molecule has 0 unspecified atom stereocenters. The molecule has 3 heterocycles. The van der Waals surface area contributed by atoms with E-state index < -0.39 is 170 Å². The Hall–Kier alpha value is -10.5. The Labute approximate surface area is 544 Å². The lowest BCUT2D eigenvalue weighted by Crippen LogP contribution is -2.61. The molecule has 0 aliphatic carbocycles. The van der Waals surface area contributed by atoms with Gasteiger partial charge in [-0.05, 0) is 82.4 Å². The summed E-state index contributed by atoms with van der Waals surface area (Å²) in [6.07, 6.45) is 1.79. The number of rotatable bonds is 32. The average Bonchev–Trinajstić information content (AvgIpc) is 1.77. The largest absolute Gasteiger partial charge is 0.481 e. The van der Waals surface area contributed by atoms with Gasteiger partial charge in [-0.2, -0.15) is 0 Å². The fraction of sp³-hybridized carbons (Fsp3) is 0.544. The summed E-state index contributed by atoms with van der Waals surface area (Å²) in [5.41, 5.74) is 34.4. The first-order chi connectivity index (χ1) is 45.2. The molecular formula is C57H88N22O16. The maximum Gasteiger partial charge on any atom is 0.305 e. The van der Waals surface area contributed by atoms with Gasteiger partial charge in [-0.25, -0.2) is 4.98 Å². The summed E-state index contributed by atoms with van der Waals surface area (Å²) >= 11 is 0. The third-order valence-electron chi connectivity index (χ3n) is 14.7. The Morgan fingerprint density at radius 3 is 1.88 bits per heavy atom. The van der Waals surface area contributed by atoms with E-state index in [2.05, 4.69) is 83.4 Å². The zero-order valence-electron chi connectivity index (χ0n) is 52.4. The minimum Gasteiger partial charge on any atom is -0.481 e. The van der Waals surface area contributed by atoms with Crippen molar-refractivity contribution in [2.24, 2.45) is 44.4 Å². The number of imidazole rings is 1. The molecule has 12 amide bonds. The molecule has 1 aliphatic rings. The number of aliphatic carboxylic acids is 1. The van der Waals surface area contributed by atoms with Crippen molar-refractivity contribution in [3.63, 3.8) is 0 Å². The topological polar surface area (TPSA) is 640 Å². The standard InChI is InChI=1S/C57H88N22O16/c1-29(82)70-35-13-5-7-17-65-44(83)22-40(76-50(90)38(20-30-24-68-33-11-3-2-10-32(30)33)74-48(88)36(12-4-6-16-58)73-55(95)43(27-81)78-47(35)87)52(92)72-37(15-9-19-67-57(62)63)49(89)77-41(23-45(84)85)53(93)75-39(21-31-25-64-28-69-31)51(91)79-42(26-80)54(94)71-34(46(59)86)14-8-18-66-56(60)61/h2-3,10-11,24-25,28,34-43,68,80-81H,4-9,12-23,26-27,58H2,1H3,(H2,59,86)(H,64,69)(H,65,83)(H,70,82)(H,71,94)(H,72,92)(H,73,95)(H,74,88)(H,75,93)(H,76,90)(H,77,89)(H,78,87)(H,79,91)(H,84,85)(H4,60,61,66)(H4,62,63,67)/t34-,35-,36-,37-,38-,39-,40-,41-,42-,43-/m0/s1. The minimum absolute atomic E-state index is 0.0369. The lowest BCUT2D eigenvalue weighted by molar-refractivity contribution is -0.141. The number of hydrogen-bond donors (Lipinski definition) is 22. The number of H-pyrrole nitrogens is 2. The number of aromatic nitrogens is 3. The van der Waals surface area contributed by atoms with Crippen LogP contribution in [0.5, 0.6) is 0 Å². The number of hydrogen-bond acceptors (Lipinski definition) is 19. The lowest BCUT2D eigenvalue weighted by atomic mass is 10.0. The summed E-state index contributed by atoms with van der Waals surface area (Å²) < 4.78 is 0. The molecular weight excluding hydrogens is 1250 g/mol. The van der Waals surface area contributed by atoms with Crippen molar-refractivity contribution < 1.29 is 77.6 Å². The predicted molar refractivity (Wildman–Crippen MR) is 339 cm³/mol. The number of aliphatic hydroxyl groups excluding tert-OH is 2. The number of aliphatic hydroxyl groups is 2. The van der Waals surface area contributed by atoms with Gasteiger partial charge in [0.1, 0.15) is 60.4 Å². The molecule has 1 aliphatic heterocycles. The average molecular weight is 1340 g/mol. The van der Waals surface area contributed by atoms with Crippen molar-refractivity contribution in [1.29, 1.82) is 0 Å². The summed E-state index contributed by atoms with van der Waals surface area (Å²) in [5, 5.41) is 58.2. The number of unbranched alkanes of at least 4 members (excludes halogenated alkanes) is 1. The number of carbonyl (C=O) groups excluding carboxylic acids is 12. The maximum atomic E-state index is 14.9. The van der Waals surface area contributed by atoms with Crippen LogP contribution in [-0.4, -0.2) is 219 Å². The molecule has 1 aromatic carbocycles. The predicted octanol–water partition coefficient (Wildman–Crippen LogP) is -8.58. The number of para-hydroxylation sites is 1. The summed E-state index contributed by atoms with van der Waals surface area (Å²) in [5.74, 6) is -14.6. The Balaban J connectivity index is 1.74. The van der Waals surface area contributed by atoms with Crippen LogP contribution in [0.4, 0.5) is 0 Å². The zero-order valence-corrected chi connectivity index (χ0v) is 52.4. The van der Waals surface area contributed by atoms with Gasteiger partial charge in [0.05, 0.1) is 32.4 Å². The molecule has 1 fully saturated rings. The van der Waals surface area contributed by atoms with Crippen LogP contribution in [-0.2, 0) is 75.2 Å². The third kappa shape index (κ3) is 26.9. The number of aromatic amines is 2. The van der Waals surface area contributed by atoms with Gasteiger partial charge in [-0.3, -0.25) is 72.3 Å². The van der Waals surface area contributed by atoms with E-state index >= 15 is 0 Å². The molecule has 38 heteroatoms.